The van der Waals surface area contributed by atoms with Crippen molar-refractivity contribution in [3.63, 3.8) is 0 Å². The number of benzene rings is 5. The first-order valence-corrected chi connectivity index (χ1v) is 14.6. The molecule has 1 aromatic heterocycles. The summed E-state index contributed by atoms with van der Waals surface area (Å²) in [4.78, 5) is 12.8. The highest BCUT2D eigenvalue weighted by molar-refractivity contribution is 6.02. The highest BCUT2D eigenvalue weighted by atomic mass is 16.5. The molecule has 0 saturated carbocycles. The Bertz CT molecular complexity index is 1930. The molecule has 1 N–H and O–H groups in total. The van der Waals surface area contributed by atoms with Crippen molar-refractivity contribution in [3.05, 3.63) is 125 Å². The first-order chi connectivity index (χ1) is 21.5. The third-order valence-electron chi connectivity index (χ3n) is 8.19. The molecule has 7 rings (SSSR count). The van der Waals surface area contributed by atoms with E-state index in [0.29, 0.717) is 36.4 Å². The fourth-order valence-corrected chi connectivity index (χ4v) is 5.99. The van der Waals surface area contributed by atoms with Gasteiger partial charge in [0.15, 0.2) is 0 Å². The van der Waals surface area contributed by atoms with Crippen LogP contribution in [-0.4, -0.2) is 39.3 Å². The summed E-state index contributed by atoms with van der Waals surface area (Å²) in [5.41, 5.74) is 3.88. The van der Waals surface area contributed by atoms with E-state index in [9.17, 15) is 9.90 Å². The van der Waals surface area contributed by atoms with Crippen LogP contribution >= 0.6 is 0 Å². The van der Waals surface area contributed by atoms with Crippen molar-refractivity contribution < 1.29 is 24.1 Å². The van der Waals surface area contributed by atoms with Gasteiger partial charge in [-0.05, 0) is 75.3 Å². The molecule has 1 aliphatic heterocycles. The predicted octanol–water partition coefficient (Wildman–Crippen LogP) is 6.64. The largest absolute Gasteiger partial charge is 0.507 e. The van der Waals surface area contributed by atoms with Crippen molar-refractivity contribution in [1.82, 2.24) is 15.0 Å². The first kappa shape index (κ1) is 27.5. The van der Waals surface area contributed by atoms with Crippen LogP contribution in [0.4, 0.5) is 0 Å². The molecule has 5 aromatic carbocycles. The van der Waals surface area contributed by atoms with E-state index in [-0.39, 0.29) is 24.0 Å². The summed E-state index contributed by atoms with van der Waals surface area (Å²) in [5, 5.41) is 24.1. The maximum Gasteiger partial charge on any atom is 0.342 e. The monoisotopic (exact) mass is 585 g/mol. The number of esters is 1. The summed E-state index contributed by atoms with van der Waals surface area (Å²) in [7, 11) is 1.64. The van der Waals surface area contributed by atoms with Crippen LogP contribution in [0.15, 0.2) is 97.2 Å². The molecule has 6 aromatic rings. The van der Waals surface area contributed by atoms with Crippen LogP contribution in [0.25, 0.3) is 21.5 Å². The van der Waals surface area contributed by atoms with Crippen LogP contribution < -0.4 is 9.47 Å². The van der Waals surface area contributed by atoms with Crippen LogP contribution in [0.1, 0.15) is 39.2 Å². The number of cyclic esters (lactones) is 1. The molecule has 8 heteroatoms. The Balaban J connectivity index is 1.04. The number of phenols is 1. The van der Waals surface area contributed by atoms with Gasteiger partial charge in [0, 0.05) is 12.5 Å². The second-order valence-electron chi connectivity index (χ2n) is 11.1. The van der Waals surface area contributed by atoms with Crippen molar-refractivity contribution in [3.8, 4) is 17.2 Å². The number of carbonyl (C=O) groups excluding carboxylic acids is 1. The van der Waals surface area contributed by atoms with Crippen molar-refractivity contribution in [1.29, 1.82) is 0 Å². The highest BCUT2D eigenvalue weighted by Crippen LogP contribution is 2.34. The van der Waals surface area contributed by atoms with Crippen LogP contribution in [0, 0.1) is 0 Å². The zero-order valence-corrected chi connectivity index (χ0v) is 24.3. The Hall–Kier alpha value is -5.37. The third-order valence-corrected chi connectivity index (χ3v) is 8.19. The Labute approximate surface area is 254 Å². The van der Waals surface area contributed by atoms with Gasteiger partial charge in [0.05, 0.1) is 19.9 Å². The van der Waals surface area contributed by atoms with Crippen LogP contribution in [0.2, 0.25) is 0 Å². The van der Waals surface area contributed by atoms with Crippen LogP contribution in [-0.2, 0) is 30.7 Å². The Kier molecular flexibility index (Phi) is 7.32. The number of ether oxygens (including phenoxy) is 3. The van der Waals surface area contributed by atoms with Gasteiger partial charge in [-0.25, -0.2) is 9.48 Å². The average Bonchev–Trinajstić information content (AvgIpc) is 3.50. The zero-order chi connectivity index (χ0) is 30.0. The molecule has 0 saturated heterocycles. The summed E-state index contributed by atoms with van der Waals surface area (Å²) in [6.07, 6.45) is 3.50. The molecule has 1 atom stereocenters. The fourth-order valence-electron chi connectivity index (χ4n) is 5.99. The van der Waals surface area contributed by atoms with Crippen LogP contribution in [0.5, 0.6) is 17.2 Å². The van der Waals surface area contributed by atoms with Gasteiger partial charge in [-0.1, -0.05) is 65.9 Å². The quantitative estimate of drug-likeness (QED) is 0.150. The minimum absolute atomic E-state index is 0.150. The van der Waals surface area contributed by atoms with Gasteiger partial charge in [0.1, 0.15) is 41.2 Å². The summed E-state index contributed by atoms with van der Waals surface area (Å²) in [6, 6.07) is 30.1. The molecule has 1 unspecified atom stereocenters. The van der Waals surface area contributed by atoms with Crippen LogP contribution in [0.3, 0.4) is 0 Å². The van der Waals surface area contributed by atoms with Gasteiger partial charge in [-0.3, -0.25) is 0 Å². The zero-order valence-electron chi connectivity index (χ0n) is 24.3. The van der Waals surface area contributed by atoms with Crippen molar-refractivity contribution in [2.75, 3.05) is 7.11 Å². The number of phenolic OH excluding ortho intramolecular Hbond substituents is 1. The van der Waals surface area contributed by atoms with Gasteiger partial charge < -0.3 is 19.3 Å². The molecule has 0 bridgehead atoms. The minimum atomic E-state index is -0.515. The lowest BCUT2D eigenvalue weighted by Gasteiger charge is -2.25. The number of aromatic hydroxyl groups is 1. The molecular formula is C36H31N3O5. The lowest BCUT2D eigenvalue weighted by atomic mass is 9.94. The van der Waals surface area contributed by atoms with E-state index in [2.05, 4.69) is 64.9 Å². The molecule has 0 fully saturated rings. The summed E-state index contributed by atoms with van der Waals surface area (Å²) in [5.74, 6) is 0.594. The highest BCUT2D eigenvalue weighted by Gasteiger charge is 2.30. The van der Waals surface area contributed by atoms with Gasteiger partial charge in [-0.2, -0.15) is 0 Å². The molecule has 1 aliphatic rings. The number of aromatic nitrogens is 3. The number of hydrogen-bond donors (Lipinski definition) is 1. The topological polar surface area (TPSA) is 95.7 Å². The minimum Gasteiger partial charge on any atom is -0.507 e. The molecule has 2 heterocycles. The Morgan fingerprint density at radius 3 is 2.39 bits per heavy atom. The van der Waals surface area contributed by atoms with E-state index in [1.54, 1.807) is 7.11 Å². The van der Waals surface area contributed by atoms with E-state index in [1.165, 1.54) is 33.2 Å². The number of fused-ring (bicyclic) bond motifs is 3. The molecule has 0 radical (unpaired) electrons. The maximum atomic E-state index is 12.8. The standard InChI is InChI=1S/C36H31N3O5/c1-42-28-13-10-23(11-14-28)12-15-29-17-26-18-30(19-34(40)35(26)36(41)44-29)43-22-27-20-39(38-37-27)21-33-31-8-4-2-6-24(31)16-25-7-3-5-9-32(25)33/h2-11,13-14,16,18-20,29,40H,12,15,17,21-22H2,1H3. The van der Waals surface area contributed by atoms with E-state index in [0.717, 1.165) is 17.7 Å². The van der Waals surface area contributed by atoms with Gasteiger partial charge in [0.2, 0.25) is 0 Å². The van der Waals surface area contributed by atoms with Crippen molar-refractivity contribution >= 4 is 27.5 Å². The number of aryl methyl sites for hydroxylation is 1. The molecule has 0 amide bonds. The first-order valence-electron chi connectivity index (χ1n) is 14.6. The third kappa shape index (κ3) is 5.54. The average molecular weight is 586 g/mol. The molecule has 0 spiro atoms. The van der Waals surface area contributed by atoms with Gasteiger partial charge >= 0.3 is 5.97 Å². The van der Waals surface area contributed by atoms with E-state index < -0.39 is 5.97 Å². The second kappa shape index (κ2) is 11.7. The summed E-state index contributed by atoms with van der Waals surface area (Å²) >= 11 is 0. The number of hydrogen-bond acceptors (Lipinski definition) is 7. The number of carbonyl (C=O) groups is 1. The molecule has 44 heavy (non-hydrogen) atoms. The molecule has 220 valence electrons. The second-order valence-corrected chi connectivity index (χ2v) is 11.1. The van der Waals surface area contributed by atoms with Gasteiger partial charge in [-0.15, -0.1) is 5.10 Å². The van der Waals surface area contributed by atoms with E-state index >= 15 is 0 Å². The molecule has 0 aliphatic carbocycles. The number of rotatable bonds is 9. The summed E-state index contributed by atoms with van der Waals surface area (Å²) < 4.78 is 18.7. The van der Waals surface area contributed by atoms with Crippen molar-refractivity contribution in [2.45, 2.75) is 38.5 Å². The number of methoxy groups -OCH3 is 1. The molecular weight excluding hydrogens is 554 g/mol. The lowest BCUT2D eigenvalue weighted by Crippen LogP contribution is -2.28. The maximum absolute atomic E-state index is 12.8. The van der Waals surface area contributed by atoms with E-state index in [1.807, 2.05) is 41.2 Å². The van der Waals surface area contributed by atoms with Gasteiger partial charge in [0.25, 0.3) is 0 Å². The Morgan fingerprint density at radius 2 is 1.66 bits per heavy atom. The fraction of sp³-hybridized carbons (Fsp3) is 0.194. The van der Waals surface area contributed by atoms with Crippen molar-refractivity contribution in [2.24, 2.45) is 0 Å². The Morgan fingerprint density at radius 1 is 0.932 bits per heavy atom. The smallest absolute Gasteiger partial charge is 0.342 e. The SMILES string of the molecule is COc1ccc(CCC2Cc3cc(OCc4cn(Cc5c6ccccc6cc6ccccc56)nn4)cc(O)c3C(=O)O2)cc1. The summed E-state index contributed by atoms with van der Waals surface area (Å²) in [6.45, 7) is 0.731. The molecule has 8 nitrogen and oxygen atoms in total. The normalized spacial score (nSPS) is 14.4. The lowest BCUT2D eigenvalue weighted by molar-refractivity contribution is 0.0234. The van der Waals surface area contributed by atoms with E-state index in [4.69, 9.17) is 14.2 Å². The number of nitrogens with zero attached hydrogens (tertiary/aromatic N) is 3. The predicted molar refractivity (Wildman–Crippen MR) is 167 cm³/mol.